The van der Waals surface area contributed by atoms with Crippen molar-refractivity contribution in [3.8, 4) is 6.07 Å². The Labute approximate surface area is 126 Å². The zero-order chi connectivity index (χ0) is 15.3. The largest absolute Gasteiger partial charge is 0.355 e. The van der Waals surface area contributed by atoms with E-state index in [1.54, 1.807) is 6.07 Å². The minimum absolute atomic E-state index is 0.154. The predicted octanol–water partition coefficient (Wildman–Crippen LogP) is 3.80. The van der Waals surface area contributed by atoms with Crippen LogP contribution in [0.25, 0.3) is 0 Å². The molecule has 0 aliphatic carbocycles. The van der Waals surface area contributed by atoms with Crippen molar-refractivity contribution >= 4 is 17.4 Å². The van der Waals surface area contributed by atoms with Crippen LogP contribution in [0.3, 0.4) is 0 Å². The lowest BCUT2D eigenvalue weighted by Crippen LogP contribution is -2.30. The first-order chi connectivity index (χ1) is 9.24. The highest BCUT2D eigenvalue weighted by atomic mass is 35.5. The molecule has 0 aliphatic heterocycles. The van der Waals surface area contributed by atoms with Gasteiger partial charge in [0.15, 0.2) is 0 Å². The Bertz CT molecular complexity index is 486. The molecule has 0 unspecified atom stereocenters. The standard InChI is InChI=1S/C15H23ClN4/c1-11(2)10-20(8-6-7-17)13-9-12(16)18-14(19-13)15(3,4)5/h9,11H,6,8,10H2,1-5H3. The molecule has 0 aliphatic rings. The highest BCUT2D eigenvalue weighted by molar-refractivity contribution is 6.29. The van der Waals surface area contributed by atoms with Crippen molar-refractivity contribution in [3.05, 3.63) is 17.0 Å². The second-order valence-electron chi connectivity index (χ2n) is 6.37. The smallest absolute Gasteiger partial charge is 0.137 e. The third kappa shape index (κ3) is 4.97. The molecule has 0 atom stereocenters. The molecule has 0 N–H and O–H groups in total. The minimum atomic E-state index is -0.154. The van der Waals surface area contributed by atoms with Gasteiger partial charge in [-0.3, -0.25) is 0 Å². The Kier molecular flexibility index (Phi) is 5.76. The van der Waals surface area contributed by atoms with E-state index < -0.39 is 0 Å². The van der Waals surface area contributed by atoms with E-state index in [4.69, 9.17) is 16.9 Å². The molecule has 1 aromatic heterocycles. The maximum atomic E-state index is 8.80. The molecule has 0 radical (unpaired) electrons. The average Bonchev–Trinajstić information content (AvgIpc) is 2.32. The maximum Gasteiger partial charge on any atom is 0.137 e. The van der Waals surface area contributed by atoms with Crippen molar-refractivity contribution in [1.29, 1.82) is 5.26 Å². The Balaban J connectivity index is 3.12. The van der Waals surface area contributed by atoms with Gasteiger partial charge in [-0.15, -0.1) is 0 Å². The minimum Gasteiger partial charge on any atom is -0.355 e. The topological polar surface area (TPSA) is 52.8 Å². The summed E-state index contributed by atoms with van der Waals surface area (Å²) in [5.74, 6) is 2.02. The lowest BCUT2D eigenvalue weighted by atomic mass is 9.96. The number of anilines is 1. The first kappa shape index (κ1) is 16.7. The Morgan fingerprint density at radius 1 is 1.35 bits per heavy atom. The zero-order valence-corrected chi connectivity index (χ0v) is 13.7. The van der Waals surface area contributed by atoms with Crippen molar-refractivity contribution in [2.24, 2.45) is 5.92 Å². The van der Waals surface area contributed by atoms with Crippen LogP contribution >= 0.6 is 11.6 Å². The summed E-state index contributed by atoms with van der Waals surface area (Å²) in [4.78, 5) is 11.0. The molecule has 0 spiro atoms. The van der Waals surface area contributed by atoms with Crippen molar-refractivity contribution in [3.63, 3.8) is 0 Å². The molecule has 5 heteroatoms. The van der Waals surface area contributed by atoms with Crippen molar-refractivity contribution in [2.75, 3.05) is 18.0 Å². The number of hydrogen-bond acceptors (Lipinski definition) is 4. The van der Waals surface area contributed by atoms with E-state index in [2.05, 4.69) is 55.6 Å². The van der Waals surface area contributed by atoms with E-state index in [0.717, 1.165) is 18.2 Å². The fraction of sp³-hybridized carbons (Fsp3) is 0.667. The molecule has 0 aromatic carbocycles. The summed E-state index contributed by atoms with van der Waals surface area (Å²) in [6, 6.07) is 3.96. The molecule has 0 saturated carbocycles. The van der Waals surface area contributed by atoms with Gasteiger partial charge in [0.25, 0.3) is 0 Å². The average molecular weight is 295 g/mol. The summed E-state index contributed by atoms with van der Waals surface area (Å²) in [6.07, 6.45) is 0.471. The molecule has 1 rings (SSSR count). The van der Waals surface area contributed by atoms with Crippen LogP contribution in [0.2, 0.25) is 5.15 Å². The second-order valence-corrected chi connectivity index (χ2v) is 6.76. The van der Waals surface area contributed by atoms with Gasteiger partial charge in [0, 0.05) is 24.6 Å². The number of aromatic nitrogens is 2. The van der Waals surface area contributed by atoms with E-state index in [-0.39, 0.29) is 5.41 Å². The van der Waals surface area contributed by atoms with Gasteiger partial charge in [-0.1, -0.05) is 46.2 Å². The molecular weight excluding hydrogens is 272 g/mol. The number of hydrogen-bond donors (Lipinski definition) is 0. The zero-order valence-electron chi connectivity index (χ0n) is 12.9. The predicted molar refractivity (Wildman–Crippen MR) is 83.0 cm³/mol. The van der Waals surface area contributed by atoms with Crippen LogP contribution in [0.15, 0.2) is 6.07 Å². The van der Waals surface area contributed by atoms with Gasteiger partial charge >= 0.3 is 0 Å². The SMILES string of the molecule is CC(C)CN(CCC#N)c1cc(Cl)nc(C(C)(C)C)n1. The Morgan fingerprint density at radius 3 is 2.50 bits per heavy atom. The van der Waals surface area contributed by atoms with Crippen molar-refractivity contribution in [1.82, 2.24) is 9.97 Å². The van der Waals surface area contributed by atoms with E-state index in [1.165, 1.54) is 0 Å². The van der Waals surface area contributed by atoms with Gasteiger partial charge in [0.2, 0.25) is 0 Å². The van der Waals surface area contributed by atoms with Gasteiger partial charge in [0.05, 0.1) is 12.5 Å². The van der Waals surface area contributed by atoms with Crippen LogP contribution in [0.4, 0.5) is 5.82 Å². The van der Waals surface area contributed by atoms with Gasteiger partial charge in [0.1, 0.15) is 16.8 Å². The van der Waals surface area contributed by atoms with Crippen LogP contribution in [-0.2, 0) is 5.41 Å². The summed E-state index contributed by atoms with van der Waals surface area (Å²) in [5.41, 5.74) is -0.154. The first-order valence-electron chi connectivity index (χ1n) is 6.91. The van der Waals surface area contributed by atoms with Gasteiger partial charge in [-0.2, -0.15) is 5.26 Å². The molecule has 1 heterocycles. The molecule has 110 valence electrons. The first-order valence-corrected chi connectivity index (χ1v) is 7.28. The van der Waals surface area contributed by atoms with Crippen molar-refractivity contribution < 1.29 is 0 Å². The molecule has 4 nitrogen and oxygen atoms in total. The molecular formula is C15H23ClN4. The number of halogens is 1. The normalized spacial score (nSPS) is 11.5. The van der Waals surface area contributed by atoms with Gasteiger partial charge in [-0.05, 0) is 5.92 Å². The van der Waals surface area contributed by atoms with E-state index in [9.17, 15) is 0 Å². The summed E-state index contributed by atoms with van der Waals surface area (Å²) in [5, 5.41) is 9.25. The molecule has 1 aromatic rings. The summed E-state index contributed by atoms with van der Waals surface area (Å²) in [7, 11) is 0. The molecule has 0 amide bonds. The van der Waals surface area contributed by atoms with Gasteiger partial charge < -0.3 is 4.90 Å². The Hall–Kier alpha value is -1.34. The molecule has 0 fully saturated rings. The quantitative estimate of drug-likeness (QED) is 0.775. The summed E-state index contributed by atoms with van der Waals surface area (Å²) < 4.78 is 0. The lowest BCUT2D eigenvalue weighted by Gasteiger charge is -2.26. The van der Waals surface area contributed by atoms with Crippen LogP contribution in [-0.4, -0.2) is 23.1 Å². The van der Waals surface area contributed by atoms with E-state index in [0.29, 0.717) is 24.0 Å². The third-order valence-electron chi connectivity index (χ3n) is 2.76. The number of nitrogens with zero attached hydrogens (tertiary/aromatic N) is 4. The monoisotopic (exact) mass is 294 g/mol. The molecule has 20 heavy (non-hydrogen) atoms. The van der Waals surface area contributed by atoms with Crippen molar-refractivity contribution in [2.45, 2.75) is 46.5 Å². The lowest BCUT2D eigenvalue weighted by molar-refractivity contribution is 0.540. The third-order valence-corrected chi connectivity index (χ3v) is 2.95. The molecule has 0 bridgehead atoms. The van der Waals surface area contributed by atoms with E-state index >= 15 is 0 Å². The van der Waals surface area contributed by atoms with Crippen LogP contribution in [0, 0.1) is 17.2 Å². The maximum absolute atomic E-state index is 8.80. The van der Waals surface area contributed by atoms with Gasteiger partial charge in [-0.25, -0.2) is 9.97 Å². The highest BCUT2D eigenvalue weighted by Crippen LogP contribution is 2.24. The summed E-state index contributed by atoms with van der Waals surface area (Å²) >= 11 is 6.13. The van der Waals surface area contributed by atoms with Crippen LogP contribution in [0.1, 0.15) is 46.9 Å². The fourth-order valence-corrected chi connectivity index (χ4v) is 2.01. The Morgan fingerprint density at radius 2 is 2.00 bits per heavy atom. The van der Waals surface area contributed by atoms with Crippen LogP contribution < -0.4 is 4.90 Å². The second kappa shape index (κ2) is 6.90. The number of rotatable bonds is 5. The van der Waals surface area contributed by atoms with Crippen LogP contribution in [0.5, 0.6) is 0 Å². The fourth-order valence-electron chi connectivity index (χ4n) is 1.83. The molecule has 0 saturated heterocycles. The highest BCUT2D eigenvalue weighted by Gasteiger charge is 2.20. The number of nitriles is 1. The van der Waals surface area contributed by atoms with E-state index in [1.807, 2.05) is 0 Å². The summed E-state index contributed by atoms with van der Waals surface area (Å²) in [6.45, 7) is 12.0.